The predicted molar refractivity (Wildman–Crippen MR) is 63.5 cm³/mol. The van der Waals surface area contributed by atoms with Gasteiger partial charge in [0, 0.05) is 22.1 Å². The molecule has 0 amide bonds. The van der Waals surface area contributed by atoms with Crippen molar-refractivity contribution < 1.29 is 8.78 Å². The standard InChI is InChI=1S/C12H7F2N3S/c13-8-1-3-11(10(14)5-8)18-9-2-4-12-16-15-7-17(12)6-9/h1-7H. The highest BCUT2D eigenvalue weighted by Crippen LogP contribution is 2.30. The lowest BCUT2D eigenvalue weighted by Gasteiger charge is -2.03. The Bertz CT molecular complexity index is 711. The van der Waals surface area contributed by atoms with Gasteiger partial charge in [-0.15, -0.1) is 10.2 Å². The molecule has 2 heterocycles. The highest BCUT2D eigenvalue weighted by molar-refractivity contribution is 7.99. The van der Waals surface area contributed by atoms with Gasteiger partial charge in [-0.05, 0) is 24.3 Å². The van der Waals surface area contributed by atoms with Crippen LogP contribution in [0.15, 0.2) is 52.6 Å². The Morgan fingerprint density at radius 3 is 2.83 bits per heavy atom. The van der Waals surface area contributed by atoms with Gasteiger partial charge in [0.1, 0.15) is 18.0 Å². The predicted octanol–water partition coefficient (Wildman–Crippen LogP) is 3.16. The van der Waals surface area contributed by atoms with Gasteiger partial charge in [-0.2, -0.15) is 0 Å². The van der Waals surface area contributed by atoms with Crippen LogP contribution in [-0.4, -0.2) is 14.6 Å². The van der Waals surface area contributed by atoms with Crippen LogP contribution < -0.4 is 0 Å². The summed E-state index contributed by atoms with van der Waals surface area (Å²) in [6, 6.07) is 7.14. The summed E-state index contributed by atoms with van der Waals surface area (Å²) in [5.74, 6) is -1.14. The van der Waals surface area contributed by atoms with Crippen LogP contribution in [0.2, 0.25) is 0 Å². The third-order valence-electron chi connectivity index (χ3n) is 2.39. The van der Waals surface area contributed by atoms with E-state index >= 15 is 0 Å². The SMILES string of the molecule is Fc1ccc(Sc2ccc3nncn3c2)c(F)c1. The van der Waals surface area contributed by atoms with Crippen molar-refractivity contribution in [1.29, 1.82) is 0 Å². The molecule has 2 aromatic heterocycles. The zero-order valence-electron chi connectivity index (χ0n) is 9.05. The summed E-state index contributed by atoms with van der Waals surface area (Å²) >= 11 is 1.22. The third kappa shape index (κ3) is 2.06. The Kier molecular flexibility index (Phi) is 2.71. The summed E-state index contributed by atoms with van der Waals surface area (Å²) in [6.45, 7) is 0. The third-order valence-corrected chi connectivity index (χ3v) is 3.41. The number of aromatic nitrogens is 3. The monoisotopic (exact) mass is 263 g/mol. The maximum atomic E-state index is 13.5. The van der Waals surface area contributed by atoms with Crippen molar-refractivity contribution in [1.82, 2.24) is 14.6 Å². The lowest BCUT2D eigenvalue weighted by Crippen LogP contribution is -1.86. The van der Waals surface area contributed by atoms with Crippen LogP contribution in [0.4, 0.5) is 8.78 Å². The number of hydrogen-bond acceptors (Lipinski definition) is 3. The van der Waals surface area contributed by atoms with Gasteiger partial charge in [-0.1, -0.05) is 11.8 Å². The zero-order chi connectivity index (χ0) is 12.5. The quantitative estimate of drug-likeness (QED) is 0.711. The molecule has 0 saturated carbocycles. The van der Waals surface area contributed by atoms with Gasteiger partial charge in [0.2, 0.25) is 0 Å². The number of rotatable bonds is 2. The normalized spacial score (nSPS) is 11.0. The van der Waals surface area contributed by atoms with Crippen molar-refractivity contribution in [2.45, 2.75) is 9.79 Å². The van der Waals surface area contributed by atoms with Gasteiger partial charge < -0.3 is 0 Å². The Balaban J connectivity index is 1.95. The largest absolute Gasteiger partial charge is 0.288 e. The molecule has 0 fully saturated rings. The number of hydrogen-bond donors (Lipinski definition) is 0. The second-order valence-corrected chi connectivity index (χ2v) is 4.75. The molecule has 0 N–H and O–H groups in total. The van der Waals surface area contributed by atoms with E-state index in [4.69, 9.17) is 0 Å². The minimum atomic E-state index is -0.578. The average molecular weight is 263 g/mol. The van der Waals surface area contributed by atoms with E-state index < -0.39 is 11.6 Å². The second kappa shape index (κ2) is 4.38. The Morgan fingerprint density at radius 1 is 1.11 bits per heavy atom. The molecule has 3 rings (SSSR count). The second-order valence-electron chi connectivity index (χ2n) is 3.64. The molecule has 0 radical (unpaired) electrons. The molecule has 0 aliphatic rings. The summed E-state index contributed by atoms with van der Waals surface area (Å²) in [5.41, 5.74) is 0.721. The first kappa shape index (κ1) is 11.2. The molecule has 1 aromatic carbocycles. The fraction of sp³-hybridized carbons (Fsp3) is 0. The van der Waals surface area contributed by atoms with E-state index in [0.29, 0.717) is 4.90 Å². The fourth-order valence-corrected chi connectivity index (χ4v) is 2.40. The van der Waals surface area contributed by atoms with E-state index in [0.717, 1.165) is 16.6 Å². The van der Waals surface area contributed by atoms with Crippen LogP contribution in [0.3, 0.4) is 0 Å². The molecule has 90 valence electrons. The van der Waals surface area contributed by atoms with E-state index in [1.54, 1.807) is 23.0 Å². The van der Waals surface area contributed by atoms with Gasteiger partial charge in [0.25, 0.3) is 0 Å². The Morgan fingerprint density at radius 2 is 2.00 bits per heavy atom. The molecule has 18 heavy (non-hydrogen) atoms. The van der Waals surface area contributed by atoms with Crippen molar-refractivity contribution in [3.05, 3.63) is 54.5 Å². The Labute approximate surface area is 105 Å². The molecule has 0 unspecified atom stereocenters. The molecule has 0 atom stereocenters. The van der Waals surface area contributed by atoms with Crippen LogP contribution in [0.25, 0.3) is 5.65 Å². The summed E-state index contributed by atoms with van der Waals surface area (Å²) < 4.78 is 28.0. The first-order valence-electron chi connectivity index (χ1n) is 5.15. The maximum absolute atomic E-state index is 13.5. The molecule has 0 saturated heterocycles. The molecule has 3 aromatic rings. The first-order chi connectivity index (χ1) is 8.72. The summed E-state index contributed by atoms with van der Waals surface area (Å²) in [7, 11) is 0. The smallest absolute Gasteiger partial charge is 0.160 e. The van der Waals surface area contributed by atoms with Crippen LogP contribution in [0, 0.1) is 11.6 Å². The molecule has 0 aliphatic heterocycles. The van der Waals surface area contributed by atoms with Crippen molar-refractivity contribution in [2.75, 3.05) is 0 Å². The lowest BCUT2D eigenvalue weighted by atomic mass is 10.3. The van der Waals surface area contributed by atoms with Gasteiger partial charge in [-0.25, -0.2) is 8.78 Å². The highest BCUT2D eigenvalue weighted by atomic mass is 32.2. The van der Waals surface area contributed by atoms with Gasteiger partial charge in [0.05, 0.1) is 0 Å². The number of fused-ring (bicyclic) bond motifs is 1. The van der Waals surface area contributed by atoms with Gasteiger partial charge in [0.15, 0.2) is 5.65 Å². The maximum Gasteiger partial charge on any atom is 0.160 e. The lowest BCUT2D eigenvalue weighted by molar-refractivity contribution is 0.565. The molecule has 0 spiro atoms. The Hall–Kier alpha value is -1.95. The fourth-order valence-electron chi connectivity index (χ4n) is 1.55. The van der Waals surface area contributed by atoms with Crippen LogP contribution in [0.1, 0.15) is 0 Å². The average Bonchev–Trinajstić information content (AvgIpc) is 2.80. The number of halogens is 2. The molecule has 6 heteroatoms. The van der Waals surface area contributed by atoms with Gasteiger partial charge >= 0.3 is 0 Å². The van der Waals surface area contributed by atoms with E-state index in [1.807, 2.05) is 6.07 Å². The van der Waals surface area contributed by atoms with E-state index in [1.165, 1.54) is 23.9 Å². The van der Waals surface area contributed by atoms with E-state index in [-0.39, 0.29) is 0 Å². The number of benzene rings is 1. The number of nitrogens with zero attached hydrogens (tertiary/aromatic N) is 3. The van der Waals surface area contributed by atoms with Crippen LogP contribution in [-0.2, 0) is 0 Å². The molecular weight excluding hydrogens is 256 g/mol. The van der Waals surface area contributed by atoms with Crippen LogP contribution in [0.5, 0.6) is 0 Å². The highest BCUT2D eigenvalue weighted by Gasteiger charge is 2.06. The topological polar surface area (TPSA) is 30.2 Å². The summed E-state index contributed by atoms with van der Waals surface area (Å²) in [4.78, 5) is 1.21. The molecular formula is C12H7F2N3S. The minimum Gasteiger partial charge on any atom is -0.288 e. The van der Waals surface area contributed by atoms with Crippen LogP contribution >= 0.6 is 11.8 Å². The molecule has 0 bridgehead atoms. The van der Waals surface area contributed by atoms with E-state index in [9.17, 15) is 8.78 Å². The van der Waals surface area contributed by atoms with Crippen molar-refractivity contribution in [3.8, 4) is 0 Å². The summed E-state index contributed by atoms with van der Waals surface area (Å²) in [5, 5.41) is 7.63. The van der Waals surface area contributed by atoms with E-state index in [2.05, 4.69) is 10.2 Å². The van der Waals surface area contributed by atoms with Crippen molar-refractivity contribution in [3.63, 3.8) is 0 Å². The number of pyridine rings is 1. The zero-order valence-corrected chi connectivity index (χ0v) is 9.86. The van der Waals surface area contributed by atoms with Gasteiger partial charge in [-0.3, -0.25) is 4.40 Å². The van der Waals surface area contributed by atoms with Crippen molar-refractivity contribution in [2.24, 2.45) is 0 Å². The first-order valence-corrected chi connectivity index (χ1v) is 5.96. The van der Waals surface area contributed by atoms with Crippen molar-refractivity contribution >= 4 is 17.4 Å². The molecule has 3 nitrogen and oxygen atoms in total. The minimum absolute atomic E-state index is 0.379. The summed E-state index contributed by atoms with van der Waals surface area (Å²) in [6.07, 6.45) is 3.36. The molecule has 0 aliphatic carbocycles.